The van der Waals surface area contributed by atoms with Gasteiger partial charge in [0, 0.05) is 36.3 Å². The van der Waals surface area contributed by atoms with E-state index >= 15 is 0 Å². The maximum Gasteiger partial charge on any atom is 0.227 e. The molecule has 0 aliphatic carbocycles. The first-order valence-electron chi connectivity index (χ1n) is 4.85. The van der Waals surface area contributed by atoms with Crippen molar-refractivity contribution >= 4 is 11.6 Å². The fourth-order valence-corrected chi connectivity index (χ4v) is 1.24. The van der Waals surface area contributed by atoms with Gasteiger partial charge in [-0.1, -0.05) is 6.07 Å². The number of nitrogens with two attached hydrogens (primary N) is 1. The number of nitrogens with zero attached hydrogens (tertiary/aromatic N) is 2. The predicted octanol–water partition coefficient (Wildman–Crippen LogP) is 1.38. The van der Waals surface area contributed by atoms with E-state index in [2.05, 4.69) is 15.3 Å². The maximum atomic E-state index is 9.28. The Morgan fingerprint density at radius 3 is 2.62 bits per heavy atom. The van der Waals surface area contributed by atoms with E-state index < -0.39 is 0 Å². The molecule has 0 unspecified atom stereocenters. The average molecular weight is 216 g/mol. The lowest BCUT2D eigenvalue weighted by Gasteiger charge is -2.04. The van der Waals surface area contributed by atoms with Gasteiger partial charge < -0.3 is 16.2 Å². The summed E-state index contributed by atoms with van der Waals surface area (Å²) in [6.07, 6.45) is 3.33. The zero-order chi connectivity index (χ0) is 11.4. The van der Waals surface area contributed by atoms with Crippen LogP contribution in [0, 0.1) is 0 Å². The van der Waals surface area contributed by atoms with E-state index in [4.69, 9.17) is 5.73 Å². The number of nitrogens with one attached hydrogen (secondary N) is 1. The lowest BCUT2D eigenvalue weighted by Crippen LogP contribution is -2.01. The van der Waals surface area contributed by atoms with Crippen LogP contribution in [0.5, 0.6) is 5.75 Å². The van der Waals surface area contributed by atoms with Gasteiger partial charge in [-0.15, -0.1) is 0 Å². The first-order valence-corrected chi connectivity index (χ1v) is 4.85. The van der Waals surface area contributed by atoms with Crippen molar-refractivity contribution in [3.05, 3.63) is 42.2 Å². The largest absolute Gasteiger partial charge is 0.508 e. The number of rotatable bonds is 3. The fraction of sp³-hybridized carbons (Fsp3) is 0.0909. The Bertz CT molecular complexity index is 470. The molecule has 0 aliphatic rings. The Hall–Kier alpha value is -2.14. The first-order chi connectivity index (χ1) is 7.78. The van der Waals surface area contributed by atoms with Crippen molar-refractivity contribution in [2.75, 3.05) is 5.32 Å². The van der Waals surface area contributed by atoms with Gasteiger partial charge in [-0.05, 0) is 12.1 Å². The molecule has 0 radical (unpaired) electrons. The number of phenols is 1. The van der Waals surface area contributed by atoms with Crippen molar-refractivity contribution in [2.24, 2.45) is 5.73 Å². The number of hydrogen-bond acceptors (Lipinski definition) is 5. The predicted molar refractivity (Wildman–Crippen MR) is 61.3 cm³/mol. The number of anilines is 2. The lowest BCUT2D eigenvalue weighted by molar-refractivity contribution is 0.475. The summed E-state index contributed by atoms with van der Waals surface area (Å²) in [4.78, 5) is 8.18. The third-order valence-electron chi connectivity index (χ3n) is 2.04. The molecule has 16 heavy (non-hydrogen) atoms. The maximum absolute atomic E-state index is 9.28. The molecule has 0 spiro atoms. The molecular formula is C11H12N4O. The summed E-state index contributed by atoms with van der Waals surface area (Å²) in [5.41, 5.74) is 7.05. The summed E-state index contributed by atoms with van der Waals surface area (Å²) in [5, 5.41) is 12.2. The third kappa shape index (κ3) is 2.46. The summed E-state index contributed by atoms with van der Waals surface area (Å²) in [7, 11) is 0. The zero-order valence-electron chi connectivity index (χ0n) is 8.59. The first kappa shape index (κ1) is 10.4. The second-order valence-electron chi connectivity index (χ2n) is 3.29. The molecule has 0 amide bonds. The van der Waals surface area contributed by atoms with Gasteiger partial charge in [0.2, 0.25) is 5.95 Å². The Morgan fingerprint density at radius 1 is 1.25 bits per heavy atom. The minimum atomic E-state index is 0.198. The second-order valence-corrected chi connectivity index (χ2v) is 3.29. The highest BCUT2D eigenvalue weighted by Gasteiger charge is 1.98. The van der Waals surface area contributed by atoms with Crippen LogP contribution in [0.15, 0.2) is 36.7 Å². The van der Waals surface area contributed by atoms with Crippen LogP contribution >= 0.6 is 0 Å². The average Bonchev–Trinajstić information content (AvgIpc) is 2.30. The van der Waals surface area contributed by atoms with Gasteiger partial charge in [0.25, 0.3) is 0 Å². The van der Waals surface area contributed by atoms with Crippen LogP contribution < -0.4 is 11.1 Å². The van der Waals surface area contributed by atoms with Crippen LogP contribution in [-0.2, 0) is 6.54 Å². The van der Waals surface area contributed by atoms with Crippen LogP contribution in [0.25, 0.3) is 0 Å². The molecule has 1 aromatic heterocycles. The normalized spacial score (nSPS) is 10.1. The fourth-order valence-electron chi connectivity index (χ4n) is 1.24. The molecule has 1 aromatic carbocycles. The molecule has 82 valence electrons. The van der Waals surface area contributed by atoms with E-state index in [9.17, 15) is 5.11 Å². The highest BCUT2D eigenvalue weighted by Crippen LogP contribution is 2.17. The number of aromatic hydroxyl groups is 1. The van der Waals surface area contributed by atoms with Crippen LogP contribution in [0.1, 0.15) is 5.56 Å². The van der Waals surface area contributed by atoms with Gasteiger partial charge in [-0.25, -0.2) is 9.97 Å². The van der Waals surface area contributed by atoms with Crippen molar-refractivity contribution in [1.29, 1.82) is 0 Å². The van der Waals surface area contributed by atoms with E-state index in [0.717, 1.165) is 11.3 Å². The zero-order valence-corrected chi connectivity index (χ0v) is 8.59. The van der Waals surface area contributed by atoms with E-state index in [1.165, 1.54) is 0 Å². The van der Waals surface area contributed by atoms with E-state index in [0.29, 0.717) is 12.5 Å². The van der Waals surface area contributed by atoms with Crippen LogP contribution in [-0.4, -0.2) is 15.1 Å². The van der Waals surface area contributed by atoms with Crippen molar-refractivity contribution in [2.45, 2.75) is 6.54 Å². The summed E-state index contributed by atoms with van der Waals surface area (Å²) in [6.45, 7) is 0.423. The molecule has 0 fully saturated rings. The van der Waals surface area contributed by atoms with Gasteiger partial charge in [0.1, 0.15) is 5.75 Å². The molecule has 2 rings (SSSR count). The van der Waals surface area contributed by atoms with E-state index in [1.54, 1.807) is 30.6 Å². The Morgan fingerprint density at radius 2 is 2.00 bits per heavy atom. The number of hydrogen-bond donors (Lipinski definition) is 3. The Kier molecular flexibility index (Phi) is 2.98. The lowest BCUT2D eigenvalue weighted by atomic mass is 10.3. The molecule has 0 bridgehead atoms. The van der Waals surface area contributed by atoms with Gasteiger partial charge in [-0.3, -0.25) is 0 Å². The highest BCUT2D eigenvalue weighted by atomic mass is 16.3. The SMILES string of the molecule is NCc1cnc(Nc2cccc(O)c2)nc1. The summed E-state index contributed by atoms with van der Waals surface area (Å²) in [6, 6.07) is 6.76. The van der Waals surface area contributed by atoms with Crippen molar-refractivity contribution in [3.63, 3.8) is 0 Å². The standard InChI is InChI=1S/C11H12N4O/c12-5-8-6-13-11(14-7-8)15-9-2-1-3-10(16)4-9/h1-4,6-7,16H,5,12H2,(H,13,14,15). The molecule has 2 aromatic rings. The molecule has 5 nitrogen and oxygen atoms in total. The number of aromatic nitrogens is 2. The Balaban J connectivity index is 2.14. The summed E-state index contributed by atoms with van der Waals surface area (Å²) < 4.78 is 0. The van der Waals surface area contributed by atoms with Crippen LogP contribution in [0.4, 0.5) is 11.6 Å². The van der Waals surface area contributed by atoms with Crippen molar-refractivity contribution in [3.8, 4) is 5.75 Å². The Labute approximate surface area is 93.0 Å². The minimum Gasteiger partial charge on any atom is -0.508 e. The summed E-state index contributed by atoms with van der Waals surface area (Å²) >= 11 is 0. The molecule has 0 saturated carbocycles. The quantitative estimate of drug-likeness (QED) is 0.722. The molecule has 0 aliphatic heterocycles. The van der Waals surface area contributed by atoms with Gasteiger partial charge >= 0.3 is 0 Å². The molecule has 5 heteroatoms. The van der Waals surface area contributed by atoms with E-state index in [-0.39, 0.29) is 5.75 Å². The molecule has 0 atom stereocenters. The third-order valence-corrected chi connectivity index (χ3v) is 2.04. The second kappa shape index (κ2) is 4.59. The molecule has 0 saturated heterocycles. The summed E-state index contributed by atoms with van der Waals surface area (Å²) in [5.74, 6) is 0.673. The molecular weight excluding hydrogens is 204 g/mol. The van der Waals surface area contributed by atoms with Gasteiger partial charge in [0.15, 0.2) is 0 Å². The highest BCUT2D eigenvalue weighted by molar-refractivity contribution is 5.55. The van der Waals surface area contributed by atoms with Gasteiger partial charge in [0.05, 0.1) is 0 Å². The minimum absolute atomic E-state index is 0.198. The monoisotopic (exact) mass is 216 g/mol. The topological polar surface area (TPSA) is 84.1 Å². The molecule has 1 heterocycles. The van der Waals surface area contributed by atoms with Crippen LogP contribution in [0.2, 0.25) is 0 Å². The number of phenolic OH excluding ortho intramolecular Hbond substituents is 1. The van der Waals surface area contributed by atoms with Crippen molar-refractivity contribution in [1.82, 2.24) is 9.97 Å². The van der Waals surface area contributed by atoms with Gasteiger partial charge in [-0.2, -0.15) is 0 Å². The van der Waals surface area contributed by atoms with Crippen LogP contribution in [0.3, 0.4) is 0 Å². The smallest absolute Gasteiger partial charge is 0.227 e. The number of benzene rings is 1. The van der Waals surface area contributed by atoms with E-state index in [1.807, 2.05) is 6.07 Å². The molecule has 4 N–H and O–H groups in total. The van der Waals surface area contributed by atoms with Crippen molar-refractivity contribution < 1.29 is 5.11 Å².